The van der Waals surface area contributed by atoms with Gasteiger partial charge in [-0.1, -0.05) is 12.1 Å². The number of esters is 1. The van der Waals surface area contributed by atoms with Crippen molar-refractivity contribution in [1.29, 1.82) is 0 Å². The fourth-order valence-corrected chi connectivity index (χ4v) is 4.31. The van der Waals surface area contributed by atoms with Gasteiger partial charge in [0.15, 0.2) is 0 Å². The van der Waals surface area contributed by atoms with E-state index < -0.39 is 0 Å². The summed E-state index contributed by atoms with van der Waals surface area (Å²) in [6.07, 6.45) is 1.91. The first-order chi connectivity index (χ1) is 9.63. The third-order valence-corrected chi connectivity index (χ3v) is 5.07. The zero-order valence-corrected chi connectivity index (χ0v) is 11.3. The van der Waals surface area contributed by atoms with Crippen molar-refractivity contribution in [3.63, 3.8) is 0 Å². The molecule has 0 spiro atoms. The number of carbonyl (C=O) groups is 2. The number of hydrogen-bond acceptors (Lipinski definition) is 3. The minimum atomic E-state index is -0.205. The van der Waals surface area contributed by atoms with E-state index in [0.29, 0.717) is 5.92 Å². The van der Waals surface area contributed by atoms with Crippen LogP contribution in [0.5, 0.6) is 0 Å². The van der Waals surface area contributed by atoms with Gasteiger partial charge in [0.25, 0.3) is 0 Å². The molecule has 1 aromatic rings. The smallest absolute Gasteiger partial charge is 0.310 e. The van der Waals surface area contributed by atoms with E-state index in [4.69, 9.17) is 4.74 Å². The summed E-state index contributed by atoms with van der Waals surface area (Å²) in [5.41, 5.74) is 1.91. The van der Waals surface area contributed by atoms with Crippen molar-refractivity contribution in [2.24, 2.45) is 23.7 Å². The molecule has 0 unspecified atom stereocenters. The molecule has 20 heavy (non-hydrogen) atoms. The third kappa shape index (κ3) is 1.60. The monoisotopic (exact) mass is 271 g/mol. The number of aryl methyl sites for hydroxylation is 1. The van der Waals surface area contributed by atoms with Crippen molar-refractivity contribution in [3.8, 4) is 0 Å². The molecule has 0 aromatic heterocycles. The van der Waals surface area contributed by atoms with Crippen LogP contribution < -0.4 is 5.32 Å². The lowest BCUT2D eigenvalue weighted by Gasteiger charge is -2.23. The van der Waals surface area contributed by atoms with Gasteiger partial charge >= 0.3 is 5.97 Å². The predicted octanol–water partition coefficient (Wildman–Crippen LogP) is 2.13. The number of amides is 1. The number of benzene rings is 1. The lowest BCUT2D eigenvalue weighted by Crippen LogP contribution is -2.35. The first kappa shape index (κ1) is 11.9. The molecular formula is C16H17NO3. The van der Waals surface area contributed by atoms with Gasteiger partial charge in [-0.3, -0.25) is 9.59 Å². The lowest BCUT2D eigenvalue weighted by molar-refractivity contribution is -0.145. The van der Waals surface area contributed by atoms with Gasteiger partial charge in [0.1, 0.15) is 6.10 Å². The molecule has 2 saturated carbocycles. The summed E-state index contributed by atoms with van der Waals surface area (Å²) < 4.78 is 5.37. The van der Waals surface area contributed by atoms with Gasteiger partial charge in [0, 0.05) is 11.6 Å². The van der Waals surface area contributed by atoms with Gasteiger partial charge in [-0.05, 0) is 43.4 Å². The molecule has 1 amide bonds. The van der Waals surface area contributed by atoms with Gasteiger partial charge in [0.05, 0.1) is 11.8 Å². The molecule has 1 aromatic carbocycles. The van der Waals surface area contributed by atoms with Crippen LogP contribution in [0.1, 0.15) is 18.4 Å². The molecule has 3 aliphatic rings. The van der Waals surface area contributed by atoms with Crippen molar-refractivity contribution < 1.29 is 14.3 Å². The van der Waals surface area contributed by atoms with Gasteiger partial charge in [-0.15, -0.1) is 0 Å². The SMILES string of the molecule is Cc1cccc(NC(=O)[C@H]2[C@@H]3C[C@@H]4[C@@H]2C(=O)O[C@@H]4C3)c1. The summed E-state index contributed by atoms with van der Waals surface area (Å²) >= 11 is 0. The van der Waals surface area contributed by atoms with Crippen LogP contribution in [0.25, 0.3) is 0 Å². The molecule has 104 valence electrons. The first-order valence-corrected chi connectivity index (χ1v) is 7.21. The van der Waals surface area contributed by atoms with E-state index in [9.17, 15) is 9.59 Å². The van der Waals surface area contributed by atoms with Crippen molar-refractivity contribution in [3.05, 3.63) is 29.8 Å². The standard InChI is InChI=1S/C16H17NO3/c1-8-3-2-4-10(5-8)17-15(18)13-9-6-11-12(7-9)20-16(19)14(11)13/h2-5,9,11-14H,6-7H2,1H3,(H,17,18)/t9-,11+,12-,13+,14+/m1/s1. The number of anilines is 1. The zero-order chi connectivity index (χ0) is 13.9. The predicted molar refractivity (Wildman–Crippen MR) is 72.9 cm³/mol. The van der Waals surface area contributed by atoms with E-state index >= 15 is 0 Å². The third-order valence-electron chi connectivity index (χ3n) is 5.07. The molecule has 4 nitrogen and oxygen atoms in total. The van der Waals surface area contributed by atoms with Crippen LogP contribution in [-0.4, -0.2) is 18.0 Å². The van der Waals surface area contributed by atoms with E-state index in [0.717, 1.165) is 24.1 Å². The van der Waals surface area contributed by atoms with E-state index in [2.05, 4.69) is 5.32 Å². The van der Waals surface area contributed by atoms with Gasteiger partial charge in [-0.2, -0.15) is 0 Å². The first-order valence-electron chi connectivity index (χ1n) is 7.21. The molecule has 2 bridgehead atoms. The molecule has 2 aliphatic carbocycles. The molecule has 0 radical (unpaired) electrons. The highest BCUT2D eigenvalue weighted by molar-refractivity contribution is 5.97. The molecule has 4 rings (SSSR count). The highest BCUT2D eigenvalue weighted by Crippen LogP contribution is 2.57. The molecule has 4 heteroatoms. The lowest BCUT2D eigenvalue weighted by atomic mass is 9.79. The Morgan fingerprint density at radius 2 is 2.20 bits per heavy atom. The minimum Gasteiger partial charge on any atom is -0.462 e. The summed E-state index contributed by atoms with van der Waals surface area (Å²) in [6.45, 7) is 1.99. The van der Waals surface area contributed by atoms with Crippen LogP contribution in [0.15, 0.2) is 24.3 Å². The van der Waals surface area contributed by atoms with E-state index in [1.807, 2.05) is 31.2 Å². The fourth-order valence-electron chi connectivity index (χ4n) is 4.31. The van der Waals surface area contributed by atoms with Crippen LogP contribution in [0.4, 0.5) is 5.69 Å². The van der Waals surface area contributed by atoms with E-state index in [-0.39, 0.29) is 35.7 Å². The van der Waals surface area contributed by atoms with Crippen molar-refractivity contribution in [1.82, 2.24) is 0 Å². The number of nitrogens with one attached hydrogen (secondary N) is 1. The van der Waals surface area contributed by atoms with E-state index in [1.54, 1.807) is 0 Å². The van der Waals surface area contributed by atoms with Crippen LogP contribution >= 0.6 is 0 Å². The van der Waals surface area contributed by atoms with Crippen molar-refractivity contribution >= 4 is 17.6 Å². The summed E-state index contributed by atoms with van der Waals surface area (Å²) in [5, 5.41) is 2.97. The van der Waals surface area contributed by atoms with Gasteiger partial charge in [-0.25, -0.2) is 0 Å². The topological polar surface area (TPSA) is 55.4 Å². The Bertz CT molecular complexity index is 595. The maximum Gasteiger partial charge on any atom is 0.310 e. The van der Waals surface area contributed by atoms with Crippen LogP contribution in [0, 0.1) is 30.6 Å². The molecule has 1 aliphatic heterocycles. The molecular weight excluding hydrogens is 254 g/mol. The van der Waals surface area contributed by atoms with Gasteiger partial charge in [0.2, 0.25) is 5.91 Å². The average Bonchev–Trinajstić information content (AvgIpc) is 2.99. The van der Waals surface area contributed by atoms with Crippen molar-refractivity contribution in [2.45, 2.75) is 25.9 Å². The Hall–Kier alpha value is -1.84. The Balaban J connectivity index is 1.56. The largest absolute Gasteiger partial charge is 0.462 e. The number of rotatable bonds is 2. The van der Waals surface area contributed by atoms with Crippen molar-refractivity contribution in [2.75, 3.05) is 5.32 Å². The molecule has 3 fully saturated rings. The van der Waals surface area contributed by atoms with Crippen LogP contribution in [0.2, 0.25) is 0 Å². The maximum atomic E-state index is 12.5. The highest BCUT2D eigenvalue weighted by atomic mass is 16.6. The average molecular weight is 271 g/mol. The maximum absolute atomic E-state index is 12.5. The summed E-state index contributed by atoms with van der Waals surface area (Å²) in [7, 11) is 0. The van der Waals surface area contributed by atoms with Crippen LogP contribution in [0.3, 0.4) is 0 Å². The van der Waals surface area contributed by atoms with E-state index in [1.165, 1.54) is 0 Å². The summed E-state index contributed by atoms with van der Waals surface area (Å²) in [4.78, 5) is 24.4. The second kappa shape index (κ2) is 4.08. The molecule has 1 saturated heterocycles. The summed E-state index contributed by atoms with van der Waals surface area (Å²) in [5.74, 6) is -0.00266. The highest BCUT2D eigenvalue weighted by Gasteiger charge is 2.63. The number of hydrogen-bond donors (Lipinski definition) is 1. The van der Waals surface area contributed by atoms with Crippen LogP contribution in [-0.2, 0) is 14.3 Å². The Labute approximate surface area is 117 Å². The fraction of sp³-hybridized carbons (Fsp3) is 0.500. The Kier molecular flexibility index (Phi) is 2.43. The Morgan fingerprint density at radius 1 is 1.35 bits per heavy atom. The second-order valence-corrected chi connectivity index (χ2v) is 6.28. The molecule has 1 N–H and O–H groups in total. The minimum absolute atomic E-state index is 0.0228. The number of ether oxygens (including phenoxy) is 1. The zero-order valence-electron chi connectivity index (χ0n) is 11.3. The normalized spacial score (nSPS) is 37.0. The Morgan fingerprint density at radius 3 is 3.00 bits per heavy atom. The number of carbonyl (C=O) groups excluding carboxylic acids is 2. The molecule has 5 atom stereocenters. The molecule has 1 heterocycles. The number of fused-ring (bicyclic) bond motifs is 1. The van der Waals surface area contributed by atoms with Gasteiger partial charge < -0.3 is 10.1 Å². The summed E-state index contributed by atoms with van der Waals surface area (Å²) in [6, 6.07) is 7.74. The second-order valence-electron chi connectivity index (χ2n) is 6.28. The quantitative estimate of drug-likeness (QED) is 0.838.